The Kier molecular flexibility index (Phi) is 3.49. The van der Waals surface area contributed by atoms with Gasteiger partial charge in [-0.15, -0.1) is 0 Å². The number of hydrogen-bond acceptors (Lipinski definition) is 3. The third-order valence-electron chi connectivity index (χ3n) is 3.74. The molecule has 1 aliphatic heterocycles. The van der Waals surface area contributed by atoms with Crippen LogP contribution in [0.3, 0.4) is 0 Å². The van der Waals surface area contributed by atoms with E-state index in [1.54, 1.807) is 12.1 Å². The highest BCUT2D eigenvalue weighted by Crippen LogP contribution is 2.36. The minimum atomic E-state index is -0.975. The molecule has 18 heavy (non-hydrogen) atoms. The summed E-state index contributed by atoms with van der Waals surface area (Å²) in [5.41, 5.74) is -0.0750. The summed E-state index contributed by atoms with van der Waals surface area (Å²) < 4.78 is 11.9. The molecule has 0 radical (unpaired) electrons. The quantitative estimate of drug-likeness (QED) is 0.660. The Morgan fingerprint density at radius 3 is 1.89 bits per heavy atom. The monoisotopic (exact) mass is 268 g/mol. The van der Waals surface area contributed by atoms with Crippen LogP contribution in [0.5, 0.6) is 0 Å². The molecular formula is C13H18BClO3. The third kappa shape index (κ3) is 2.43. The van der Waals surface area contributed by atoms with Crippen LogP contribution in [-0.4, -0.2) is 23.4 Å². The first-order valence-electron chi connectivity index (χ1n) is 6.00. The predicted molar refractivity (Wildman–Crippen MR) is 73.0 cm³/mol. The highest BCUT2D eigenvalue weighted by atomic mass is 35.5. The van der Waals surface area contributed by atoms with Crippen molar-refractivity contribution in [2.75, 3.05) is 0 Å². The summed E-state index contributed by atoms with van der Waals surface area (Å²) in [7, 11) is -0.378. The fourth-order valence-corrected chi connectivity index (χ4v) is 1.94. The Balaban J connectivity index is 2.19. The van der Waals surface area contributed by atoms with Crippen LogP contribution in [0.2, 0.25) is 0 Å². The van der Waals surface area contributed by atoms with Crippen molar-refractivity contribution in [3.05, 3.63) is 29.8 Å². The number of halogens is 1. The Hall–Kier alpha value is -0.545. The second-order valence-corrected chi connectivity index (χ2v) is 6.00. The standard InChI is InChI=1S/C13H18BClO3/c1-12(2)13(3,4)18-14(17-12)10-7-5-9(6-8-10)11(15)16/h5-8,11,16H,1-4H3. The topological polar surface area (TPSA) is 38.7 Å². The van der Waals surface area contributed by atoms with Gasteiger partial charge in [-0.1, -0.05) is 35.9 Å². The van der Waals surface area contributed by atoms with Gasteiger partial charge in [0.2, 0.25) is 0 Å². The van der Waals surface area contributed by atoms with Crippen LogP contribution < -0.4 is 5.46 Å². The number of alkyl halides is 1. The van der Waals surface area contributed by atoms with E-state index in [0.29, 0.717) is 5.56 Å². The van der Waals surface area contributed by atoms with Gasteiger partial charge in [-0.25, -0.2) is 0 Å². The molecule has 1 N–H and O–H groups in total. The number of hydrogen-bond donors (Lipinski definition) is 1. The van der Waals surface area contributed by atoms with Crippen LogP contribution in [0.4, 0.5) is 0 Å². The van der Waals surface area contributed by atoms with Gasteiger partial charge in [0.05, 0.1) is 11.2 Å². The number of aliphatic hydroxyl groups excluding tert-OH is 1. The van der Waals surface area contributed by atoms with Gasteiger partial charge in [0.15, 0.2) is 5.56 Å². The van der Waals surface area contributed by atoms with Gasteiger partial charge in [-0.2, -0.15) is 0 Å². The van der Waals surface area contributed by atoms with Gasteiger partial charge in [0.25, 0.3) is 0 Å². The summed E-state index contributed by atoms with van der Waals surface area (Å²) in [6.07, 6.45) is 0. The summed E-state index contributed by atoms with van der Waals surface area (Å²) in [4.78, 5) is 0. The molecule has 1 unspecified atom stereocenters. The lowest BCUT2D eigenvalue weighted by molar-refractivity contribution is 0.00578. The van der Waals surface area contributed by atoms with Crippen molar-refractivity contribution in [1.29, 1.82) is 0 Å². The second-order valence-electron chi connectivity index (χ2n) is 5.59. The van der Waals surface area contributed by atoms with Gasteiger partial charge in [0.1, 0.15) is 0 Å². The van der Waals surface area contributed by atoms with E-state index >= 15 is 0 Å². The van der Waals surface area contributed by atoms with E-state index < -0.39 is 5.56 Å². The van der Waals surface area contributed by atoms with E-state index in [-0.39, 0.29) is 18.3 Å². The zero-order chi connectivity index (χ0) is 13.6. The van der Waals surface area contributed by atoms with Crippen molar-refractivity contribution < 1.29 is 14.4 Å². The summed E-state index contributed by atoms with van der Waals surface area (Å²) in [6.45, 7) is 8.07. The lowest BCUT2D eigenvalue weighted by Gasteiger charge is -2.32. The van der Waals surface area contributed by atoms with Gasteiger partial charge >= 0.3 is 7.12 Å². The lowest BCUT2D eigenvalue weighted by atomic mass is 9.79. The molecule has 0 bridgehead atoms. The van der Waals surface area contributed by atoms with Crippen LogP contribution in [0.1, 0.15) is 38.8 Å². The maximum Gasteiger partial charge on any atom is 0.494 e. The largest absolute Gasteiger partial charge is 0.494 e. The molecule has 0 spiro atoms. The molecule has 0 aliphatic carbocycles. The van der Waals surface area contributed by atoms with Crippen molar-refractivity contribution in [3.63, 3.8) is 0 Å². The molecule has 0 saturated carbocycles. The minimum absolute atomic E-state index is 0.345. The molecule has 1 aromatic rings. The van der Waals surface area contributed by atoms with Crippen LogP contribution in [0, 0.1) is 0 Å². The number of aliphatic hydroxyl groups is 1. The second kappa shape index (κ2) is 4.53. The van der Waals surface area contributed by atoms with Crippen molar-refractivity contribution >= 4 is 24.2 Å². The molecule has 3 nitrogen and oxygen atoms in total. The summed E-state index contributed by atoms with van der Waals surface area (Å²) in [5, 5.41) is 9.25. The van der Waals surface area contributed by atoms with E-state index in [1.165, 1.54) is 0 Å². The number of rotatable bonds is 2. The molecule has 2 rings (SSSR count). The Morgan fingerprint density at radius 1 is 1.06 bits per heavy atom. The summed E-state index contributed by atoms with van der Waals surface area (Å²) >= 11 is 5.60. The molecule has 5 heteroatoms. The SMILES string of the molecule is CC1(C)OB(c2ccc(C(O)Cl)cc2)OC1(C)C. The molecule has 0 amide bonds. The fraction of sp³-hybridized carbons (Fsp3) is 0.538. The van der Waals surface area contributed by atoms with Gasteiger partial charge < -0.3 is 14.4 Å². The Morgan fingerprint density at radius 2 is 1.50 bits per heavy atom. The first-order valence-corrected chi connectivity index (χ1v) is 6.44. The Labute approximate surface area is 113 Å². The minimum Gasteiger partial charge on any atom is -0.399 e. The van der Waals surface area contributed by atoms with Gasteiger partial charge in [0, 0.05) is 0 Å². The molecule has 1 atom stereocenters. The van der Waals surface area contributed by atoms with E-state index in [4.69, 9.17) is 20.9 Å². The maximum absolute atomic E-state index is 9.25. The zero-order valence-corrected chi connectivity index (χ0v) is 11.9. The first-order chi connectivity index (χ1) is 8.23. The van der Waals surface area contributed by atoms with Crippen molar-refractivity contribution in [3.8, 4) is 0 Å². The Bertz CT molecular complexity index is 412. The first kappa shape index (κ1) is 13.9. The molecular weight excluding hydrogens is 250 g/mol. The molecule has 1 saturated heterocycles. The predicted octanol–water partition coefficient (Wildman–Crippen LogP) is 2.22. The average molecular weight is 269 g/mol. The van der Waals surface area contributed by atoms with E-state index in [9.17, 15) is 5.11 Å². The fourth-order valence-electron chi connectivity index (χ4n) is 1.79. The van der Waals surface area contributed by atoms with E-state index in [0.717, 1.165) is 5.46 Å². The third-order valence-corrected chi connectivity index (χ3v) is 3.99. The van der Waals surface area contributed by atoms with Crippen LogP contribution in [0.15, 0.2) is 24.3 Å². The van der Waals surface area contributed by atoms with Crippen LogP contribution >= 0.6 is 11.6 Å². The zero-order valence-electron chi connectivity index (χ0n) is 11.1. The van der Waals surface area contributed by atoms with Crippen molar-refractivity contribution in [2.24, 2.45) is 0 Å². The van der Waals surface area contributed by atoms with Crippen molar-refractivity contribution in [1.82, 2.24) is 0 Å². The molecule has 1 fully saturated rings. The summed E-state index contributed by atoms with van der Waals surface area (Å²) in [5.74, 6) is 0. The van der Waals surface area contributed by atoms with Crippen LogP contribution in [-0.2, 0) is 9.31 Å². The molecule has 1 heterocycles. The van der Waals surface area contributed by atoms with Gasteiger partial charge in [-0.05, 0) is 38.7 Å². The number of benzene rings is 1. The van der Waals surface area contributed by atoms with E-state index in [1.807, 2.05) is 39.8 Å². The van der Waals surface area contributed by atoms with Gasteiger partial charge in [-0.3, -0.25) is 0 Å². The normalized spacial score (nSPS) is 23.1. The highest BCUT2D eigenvalue weighted by Gasteiger charge is 2.51. The van der Waals surface area contributed by atoms with Crippen LogP contribution in [0.25, 0.3) is 0 Å². The highest BCUT2D eigenvalue weighted by molar-refractivity contribution is 6.62. The smallest absolute Gasteiger partial charge is 0.399 e. The van der Waals surface area contributed by atoms with E-state index in [2.05, 4.69) is 0 Å². The molecule has 98 valence electrons. The summed E-state index contributed by atoms with van der Waals surface area (Å²) in [6, 6.07) is 7.28. The molecule has 1 aromatic carbocycles. The average Bonchev–Trinajstić information content (AvgIpc) is 2.48. The molecule has 0 aromatic heterocycles. The van der Waals surface area contributed by atoms with Crippen molar-refractivity contribution in [2.45, 2.75) is 44.5 Å². The lowest BCUT2D eigenvalue weighted by Crippen LogP contribution is -2.41. The maximum atomic E-state index is 9.25. The molecule has 1 aliphatic rings.